The third kappa shape index (κ3) is 6.99. The number of rotatable bonds is 9. The van der Waals surface area contributed by atoms with E-state index in [1.165, 1.54) is 5.57 Å². The minimum Gasteiger partial charge on any atom is -0.547 e. The van der Waals surface area contributed by atoms with Crippen molar-refractivity contribution >= 4 is 16.4 Å². The van der Waals surface area contributed by atoms with Gasteiger partial charge in [-0.15, -0.1) is 0 Å². The number of carboxylic acid groups (broad SMARTS) is 1. The normalized spacial score (nSPS) is 48.2. The Kier molecular flexibility index (Phi) is 11.3. The van der Waals surface area contributed by atoms with E-state index in [-0.39, 0.29) is 71.4 Å². The molecule has 17 atom stereocenters. The maximum atomic E-state index is 12.2. The summed E-state index contributed by atoms with van der Waals surface area (Å²) in [6.45, 7) is 12.7. The fraction of sp³-hybridized carbons (Fsp3) is 0.912. The number of aliphatic hydroxyl groups is 4. The standard InChI is InChI=1S/C34H54O13S.Na/c1-15(2)16(3)27-29(45-27)34(6,40)23-8-7-19-18-14-22(47-48(41,42)43)21-13-17(9-11-32(21,4)20(18)10-12-33(19,23)5)44-31-26(37)24(35)25(36)28(46-31)30(38)39;/h10,15-19,21-29,31,35-37,40H,7-9,11-14H2,1-6H3,(H,38,39)(H,41,42,43);/q;+1/p-1/t16-,17+,18+,19+,21-,22+,23+,24+,25+,26-,27+,28+,29-,31-,32-,33+,34-;/m1./s1. The summed E-state index contributed by atoms with van der Waals surface area (Å²) in [4.78, 5) is 11.5. The van der Waals surface area contributed by atoms with E-state index in [2.05, 4.69) is 40.7 Å². The second-order valence-electron chi connectivity index (χ2n) is 16.6. The van der Waals surface area contributed by atoms with Gasteiger partial charge in [-0.05, 0) is 98.2 Å². The van der Waals surface area contributed by atoms with Crippen molar-refractivity contribution in [3.8, 4) is 0 Å². The van der Waals surface area contributed by atoms with Crippen LogP contribution in [0.2, 0.25) is 0 Å². The smallest absolute Gasteiger partial charge is 0.547 e. The van der Waals surface area contributed by atoms with Gasteiger partial charge in [0.15, 0.2) is 6.29 Å². The van der Waals surface area contributed by atoms with Gasteiger partial charge in [-0.2, -0.15) is 8.42 Å². The first-order valence-corrected chi connectivity index (χ1v) is 18.9. The third-order valence-corrected chi connectivity index (χ3v) is 14.2. The molecule has 0 spiro atoms. The molecule has 4 aliphatic carbocycles. The zero-order valence-corrected chi connectivity index (χ0v) is 32.4. The van der Waals surface area contributed by atoms with E-state index in [1.54, 1.807) is 0 Å². The summed E-state index contributed by atoms with van der Waals surface area (Å²) in [7, 11) is -4.83. The first kappa shape index (κ1) is 40.0. The second kappa shape index (κ2) is 13.9. The van der Waals surface area contributed by atoms with Gasteiger partial charge < -0.3 is 44.5 Å². The molecular weight excluding hydrogens is 671 g/mol. The van der Waals surface area contributed by atoms with Crippen LogP contribution in [0.5, 0.6) is 0 Å². The molecule has 3 saturated carbocycles. The second-order valence-corrected chi connectivity index (χ2v) is 17.7. The maximum Gasteiger partial charge on any atom is 1.00 e. The Hall–Kier alpha value is -0.200. The summed E-state index contributed by atoms with van der Waals surface area (Å²) >= 11 is 0. The van der Waals surface area contributed by atoms with E-state index in [0.29, 0.717) is 31.1 Å². The molecule has 2 heterocycles. The van der Waals surface area contributed by atoms with Crippen molar-refractivity contribution in [2.45, 2.75) is 147 Å². The summed E-state index contributed by atoms with van der Waals surface area (Å²) < 4.78 is 57.2. The number of aliphatic carboxylic acids is 1. The van der Waals surface area contributed by atoms with Crippen molar-refractivity contribution < 1.29 is 91.2 Å². The van der Waals surface area contributed by atoms with Crippen molar-refractivity contribution in [1.29, 1.82) is 0 Å². The fourth-order valence-electron chi connectivity index (χ4n) is 10.8. The molecule has 6 aliphatic rings. The molecule has 13 nitrogen and oxygen atoms in total. The average Bonchev–Trinajstić information content (AvgIpc) is 3.72. The van der Waals surface area contributed by atoms with Crippen LogP contribution in [-0.4, -0.2) is 100 Å². The van der Waals surface area contributed by atoms with Crippen LogP contribution in [0.4, 0.5) is 0 Å². The summed E-state index contributed by atoms with van der Waals surface area (Å²) in [5.74, 6) is -1.37. The van der Waals surface area contributed by atoms with E-state index in [9.17, 15) is 43.3 Å². The van der Waals surface area contributed by atoms with Crippen LogP contribution < -0.4 is 34.7 Å². The molecule has 2 saturated heterocycles. The minimum atomic E-state index is -4.83. The van der Waals surface area contributed by atoms with Crippen molar-refractivity contribution in [2.24, 2.45) is 46.3 Å². The number of carboxylic acids is 1. The predicted molar refractivity (Wildman–Crippen MR) is 167 cm³/mol. The molecule has 6 rings (SSSR count). The monoisotopic (exact) mass is 724 g/mol. The van der Waals surface area contributed by atoms with Crippen LogP contribution in [0, 0.1) is 46.3 Å². The van der Waals surface area contributed by atoms with Crippen molar-refractivity contribution in [2.75, 3.05) is 0 Å². The number of carbonyl (C=O) groups is 1. The number of ether oxygens (including phenoxy) is 3. The molecule has 0 amide bonds. The molecule has 0 unspecified atom stereocenters. The Labute approximate surface area is 311 Å². The van der Waals surface area contributed by atoms with Gasteiger partial charge in [0.1, 0.15) is 30.5 Å². The summed E-state index contributed by atoms with van der Waals surface area (Å²) in [6, 6.07) is 0. The molecule has 0 bridgehead atoms. The molecule has 0 aromatic carbocycles. The number of carbonyl (C=O) groups excluding carboxylic acids is 1. The van der Waals surface area contributed by atoms with Gasteiger partial charge in [-0.1, -0.05) is 46.3 Å². The SMILES string of the molecule is CC(C)[C@@H](C)[C@@H]1O[C@H]1[C@](C)(O)[C@H]1CC[C@H]2[C@@H]3C[C@H](OS(=O)(=O)O)[C@H]4C[C@@H](O[C@@H]5O[C@H](C(=O)[O-])[C@@H](O)[C@H](O)[C@H]5O)CC[C@]4(C)C3=CC[C@]12C.[Na+]. The van der Waals surface area contributed by atoms with Crippen molar-refractivity contribution in [3.63, 3.8) is 0 Å². The molecule has 5 fully saturated rings. The van der Waals surface area contributed by atoms with Crippen LogP contribution in [0.25, 0.3) is 0 Å². The van der Waals surface area contributed by atoms with Crippen molar-refractivity contribution in [1.82, 2.24) is 0 Å². The van der Waals surface area contributed by atoms with Gasteiger partial charge in [0.2, 0.25) is 0 Å². The van der Waals surface area contributed by atoms with Gasteiger partial charge >= 0.3 is 40.0 Å². The molecule has 15 heteroatoms. The van der Waals surface area contributed by atoms with Gasteiger partial charge in [-0.25, -0.2) is 4.18 Å². The first-order valence-electron chi connectivity index (χ1n) is 17.5. The number of aliphatic hydroxyl groups excluding tert-OH is 3. The third-order valence-electron chi connectivity index (χ3n) is 13.7. The number of hydrogen-bond acceptors (Lipinski definition) is 12. The zero-order valence-electron chi connectivity index (χ0n) is 29.6. The largest absolute Gasteiger partial charge is 1.00 e. The Balaban J connectivity index is 0.00000468. The van der Waals surface area contributed by atoms with Gasteiger partial charge in [0, 0.05) is 0 Å². The van der Waals surface area contributed by atoms with Gasteiger partial charge in [-0.3, -0.25) is 4.55 Å². The number of epoxide rings is 1. The molecule has 0 aromatic heterocycles. The molecular formula is C34H53NaO13S. The van der Waals surface area contributed by atoms with E-state index in [1.807, 2.05) is 6.92 Å². The first-order chi connectivity index (χ1) is 22.2. The summed E-state index contributed by atoms with van der Waals surface area (Å²) in [5, 5.41) is 54.4. The number of allylic oxidation sites excluding steroid dienone is 2. The fourth-order valence-corrected chi connectivity index (χ4v) is 11.3. The molecule has 0 radical (unpaired) electrons. The average molecular weight is 725 g/mol. The van der Waals surface area contributed by atoms with Crippen LogP contribution in [-0.2, 0) is 33.6 Å². The van der Waals surface area contributed by atoms with E-state index in [4.69, 9.17) is 18.4 Å². The van der Waals surface area contributed by atoms with Crippen LogP contribution in [0.1, 0.15) is 86.5 Å². The molecule has 0 aromatic rings. The van der Waals surface area contributed by atoms with Crippen molar-refractivity contribution in [3.05, 3.63) is 11.6 Å². The summed E-state index contributed by atoms with van der Waals surface area (Å²) in [5.41, 5.74) is -0.597. The summed E-state index contributed by atoms with van der Waals surface area (Å²) in [6.07, 6.45) is -4.48. The van der Waals surface area contributed by atoms with E-state index in [0.717, 1.165) is 19.3 Å². The Morgan fingerprint density at radius 2 is 1.71 bits per heavy atom. The Morgan fingerprint density at radius 3 is 2.33 bits per heavy atom. The van der Waals surface area contributed by atoms with Gasteiger partial charge in [0.05, 0.1) is 29.9 Å². The van der Waals surface area contributed by atoms with Crippen LogP contribution >= 0.6 is 0 Å². The van der Waals surface area contributed by atoms with Crippen LogP contribution in [0.15, 0.2) is 11.6 Å². The maximum absolute atomic E-state index is 12.2. The minimum absolute atomic E-state index is 0. The van der Waals surface area contributed by atoms with E-state index < -0.39 is 76.2 Å². The van der Waals surface area contributed by atoms with Gasteiger partial charge in [0.25, 0.3) is 0 Å². The predicted octanol–water partition coefficient (Wildman–Crippen LogP) is -1.88. The topological polar surface area (TPSA) is 216 Å². The molecule has 2 aliphatic heterocycles. The number of hydrogen-bond donors (Lipinski definition) is 5. The zero-order chi connectivity index (χ0) is 35.3. The Bertz CT molecular complexity index is 1390. The molecule has 5 N–H and O–H groups in total. The molecule has 274 valence electrons. The van der Waals surface area contributed by atoms with E-state index >= 15 is 0 Å². The van der Waals surface area contributed by atoms with Crippen LogP contribution in [0.3, 0.4) is 0 Å². The Morgan fingerprint density at radius 1 is 1.04 bits per heavy atom. The number of fused-ring (bicyclic) bond motifs is 5. The quantitative estimate of drug-likeness (QED) is 0.0580. The molecule has 49 heavy (non-hydrogen) atoms.